The van der Waals surface area contributed by atoms with E-state index in [-0.39, 0.29) is 12.8 Å². The minimum atomic E-state index is -1.23. The first-order valence-electron chi connectivity index (χ1n) is 4.24. The van der Waals surface area contributed by atoms with E-state index in [1.54, 1.807) is 0 Å². The van der Waals surface area contributed by atoms with Crippen molar-refractivity contribution in [3.8, 4) is 0 Å². The van der Waals surface area contributed by atoms with Crippen molar-refractivity contribution in [2.24, 2.45) is 0 Å². The summed E-state index contributed by atoms with van der Waals surface area (Å²) in [6.07, 6.45) is 0.559. The molecule has 2 N–H and O–H groups in total. The quantitative estimate of drug-likeness (QED) is 0.605. The monoisotopic (exact) mass is 215 g/mol. The van der Waals surface area contributed by atoms with Gasteiger partial charge in [-0.3, -0.25) is 9.59 Å². The highest BCUT2D eigenvalue weighted by Crippen LogP contribution is 2.06. The van der Waals surface area contributed by atoms with Crippen molar-refractivity contribution in [3.05, 3.63) is 12.7 Å². The fraction of sp³-hybridized carbons (Fsp3) is 0.444. The minimum Gasteiger partial charge on any atom is -0.481 e. The molecular weight excluding hydrogens is 202 g/mol. The van der Waals surface area contributed by atoms with Crippen LogP contribution >= 0.6 is 0 Å². The highest BCUT2D eigenvalue weighted by Gasteiger charge is 2.25. The van der Waals surface area contributed by atoms with E-state index < -0.39 is 23.9 Å². The molecule has 0 aliphatic rings. The van der Waals surface area contributed by atoms with Crippen LogP contribution in [0.25, 0.3) is 0 Å². The SMILES string of the molecule is C=CC(=O)N(C)[C@H](CCC(=O)O)C(=O)O. The van der Waals surface area contributed by atoms with Crippen LogP contribution in [0.15, 0.2) is 12.7 Å². The number of rotatable bonds is 6. The minimum absolute atomic E-state index is 0.124. The molecule has 1 atom stereocenters. The van der Waals surface area contributed by atoms with Crippen LogP contribution in [0.2, 0.25) is 0 Å². The summed E-state index contributed by atoms with van der Waals surface area (Å²) in [4.78, 5) is 33.1. The molecular formula is C9H13NO5. The molecule has 0 spiro atoms. The van der Waals surface area contributed by atoms with Crippen LogP contribution in [0.3, 0.4) is 0 Å². The van der Waals surface area contributed by atoms with Crippen LogP contribution < -0.4 is 0 Å². The van der Waals surface area contributed by atoms with Crippen LogP contribution in [-0.4, -0.2) is 46.0 Å². The smallest absolute Gasteiger partial charge is 0.326 e. The lowest BCUT2D eigenvalue weighted by atomic mass is 10.1. The molecule has 1 amide bonds. The molecule has 0 radical (unpaired) electrons. The number of carboxylic acids is 2. The summed E-state index contributed by atoms with van der Waals surface area (Å²) in [7, 11) is 1.30. The molecule has 15 heavy (non-hydrogen) atoms. The molecule has 0 aromatic heterocycles. The highest BCUT2D eigenvalue weighted by atomic mass is 16.4. The second-order valence-corrected chi connectivity index (χ2v) is 2.94. The third-order valence-electron chi connectivity index (χ3n) is 1.91. The van der Waals surface area contributed by atoms with Gasteiger partial charge < -0.3 is 15.1 Å². The first-order valence-corrected chi connectivity index (χ1v) is 4.24. The third-order valence-corrected chi connectivity index (χ3v) is 1.91. The Morgan fingerprint density at radius 2 is 1.93 bits per heavy atom. The number of carboxylic acid groups (broad SMARTS) is 2. The summed E-state index contributed by atoms with van der Waals surface area (Å²) in [5, 5.41) is 17.2. The van der Waals surface area contributed by atoms with Gasteiger partial charge >= 0.3 is 11.9 Å². The van der Waals surface area contributed by atoms with Gasteiger partial charge in [0.2, 0.25) is 5.91 Å². The Kier molecular flexibility index (Phi) is 5.08. The molecule has 0 heterocycles. The molecule has 0 rings (SSSR count). The largest absolute Gasteiger partial charge is 0.481 e. The van der Waals surface area contributed by atoms with Gasteiger partial charge in [-0.05, 0) is 12.5 Å². The van der Waals surface area contributed by atoms with Gasteiger partial charge in [-0.25, -0.2) is 4.79 Å². The molecule has 0 bridgehead atoms. The molecule has 0 aliphatic heterocycles. The molecule has 6 nitrogen and oxygen atoms in total. The topological polar surface area (TPSA) is 94.9 Å². The summed E-state index contributed by atoms with van der Waals surface area (Å²) < 4.78 is 0. The molecule has 0 fully saturated rings. The van der Waals surface area contributed by atoms with E-state index in [1.807, 2.05) is 0 Å². The Hall–Kier alpha value is -1.85. The number of carbonyl (C=O) groups excluding carboxylic acids is 1. The van der Waals surface area contributed by atoms with Gasteiger partial charge in [-0.1, -0.05) is 6.58 Å². The van der Waals surface area contributed by atoms with E-state index >= 15 is 0 Å². The third kappa shape index (κ3) is 4.26. The van der Waals surface area contributed by atoms with Gasteiger partial charge in [0.1, 0.15) is 6.04 Å². The molecule has 84 valence electrons. The van der Waals surface area contributed by atoms with Crippen LogP contribution in [0.1, 0.15) is 12.8 Å². The Bertz CT molecular complexity index is 286. The van der Waals surface area contributed by atoms with Crippen molar-refractivity contribution in [2.45, 2.75) is 18.9 Å². The van der Waals surface area contributed by atoms with Crippen LogP contribution in [-0.2, 0) is 14.4 Å². The standard InChI is InChI=1S/C9H13NO5/c1-3-7(11)10(2)6(9(14)15)4-5-8(12)13/h3,6H,1,4-5H2,2H3,(H,12,13)(H,14,15)/t6-/m1/s1. The second kappa shape index (κ2) is 5.79. The van der Waals surface area contributed by atoms with Crippen molar-refractivity contribution in [2.75, 3.05) is 7.05 Å². The van der Waals surface area contributed by atoms with Crippen molar-refractivity contribution in [3.63, 3.8) is 0 Å². The van der Waals surface area contributed by atoms with E-state index in [9.17, 15) is 14.4 Å². The van der Waals surface area contributed by atoms with Crippen LogP contribution in [0.4, 0.5) is 0 Å². The Balaban J connectivity index is 4.51. The number of amides is 1. The molecule has 0 unspecified atom stereocenters. The normalized spacial score (nSPS) is 11.5. The number of carbonyl (C=O) groups is 3. The first-order chi connectivity index (χ1) is 6.90. The number of hydrogen-bond donors (Lipinski definition) is 2. The summed E-state index contributed by atoms with van der Waals surface area (Å²) in [6.45, 7) is 3.22. The van der Waals surface area contributed by atoms with Gasteiger partial charge in [0.15, 0.2) is 0 Å². The first kappa shape index (κ1) is 13.2. The van der Waals surface area contributed by atoms with E-state index in [0.29, 0.717) is 0 Å². The van der Waals surface area contributed by atoms with Crippen molar-refractivity contribution in [1.29, 1.82) is 0 Å². The fourth-order valence-corrected chi connectivity index (χ4v) is 1.04. The van der Waals surface area contributed by atoms with Gasteiger partial charge in [-0.2, -0.15) is 0 Å². The number of aliphatic carboxylic acids is 2. The lowest BCUT2D eigenvalue weighted by Gasteiger charge is -2.22. The number of hydrogen-bond acceptors (Lipinski definition) is 3. The predicted molar refractivity (Wildman–Crippen MR) is 51.3 cm³/mol. The lowest BCUT2D eigenvalue weighted by molar-refractivity contribution is -0.148. The van der Waals surface area contributed by atoms with Gasteiger partial charge in [0, 0.05) is 13.5 Å². The zero-order valence-corrected chi connectivity index (χ0v) is 8.34. The van der Waals surface area contributed by atoms with E-state index in [4.69, 9.17) is 10.2 Å². The molecule has 6 heteroatoms. The van der Waals surface area contributed by atoms with Crippen LogP contribution in [0.5, 0.6) is 0 Å². The molecule has 0 aromatic rings. The van der Waals surface area contributed by atoms with Gasteiger partial charge in [0.25, 0.3) is 0 Å². The summed E-state index contributed by atoms with van der Waals surface area (Å²) in [5.74, 6) is -2.87. The number of nitrogens with zero attached hydrogens (tertiary/aromatic N) is 1. The fourth-order valence-electron chi connectivity index (χ4n) is 1.04. The zero-order valence-electron chi connectivity index (χ0n) is 8.34. The van der Waals surface area contributed by atoms with E-state index in [1.165, 1.54) is 7.05 Å². The Morgan fingerprint density at radius 1 is 1.40 bits per heavy atom. The Morgan fingerprint density at radius 3 is 2.27 bits per heavy atom. The average Bonchev–Trinajstić information content (AvgIpc) is 2.15. The second-order valence-electron chi connectivity index (χ2n) is 2.94. The number of likely N-dealkylation sites (N-methyl/N-ethyl adjacent to an activating group) is 1. The molecule has 0 aliphatic carbocycles. The van der Waals surface area contributed by atoms with Gasteiger partial charge in [0.05, 0.1) is 0 Å². The zero-order chi connectivity index (χ0) is 12.0. The highest BCUT2D eigenvalue weighted by molar-refractivity contribution is 5.90. The lowest BCUT2D eigenvalue weighted by Crippen LogP contribution is -2.41. The molecule has 0 aromatic carbocycles. The van der Waals surface area contributed by atoms with E-state index in [2.05, 4.69) is 6.58 Å². The maximum atomic E-state index is 11.1. The Labute approximate surface area is 86.8 Å². The van der Waals surface area contributed by atoms with Crippen molar-refractivity contribution < 1.29 is 24.6 Å². The van der Waals surface area contributed by atoms with Crippen molar-refractivity contribution in [1.82, 2.24) is 4.90 Å². The predicted octanol–water partition coefficient (Wildman–Crippen LogP) is -0.0512. The summed E-state index contributed by atoms with van der Waals surface area (Å²) in [5.41, 5.74) is 0. The van der Waals surface area contributed by atoms with Gasteiger partial charge in [-0.15, -0.1) is 0 Å². The summed E-state index contributed by atoms with van der Waals surface area (Å²) in [6, 6.07) is -1.13. The van der Waals surface area contributed by atoms with Crippen molar-refractivity contribution >= 4 is 17.8 Å². The summed E-state index contributed by atoms with van der Waals surface area (Å²) >= 11 is 0. The van der Waals surface area contributed by atoms with Crippen LogP contribution in [0, 0.1) is 0 Å². The average molecular weight is 215 g/mol. The molecule has 0 saturated heterocycles. The molecule has 0 saturated carbocycles. The maximum Gasteiger partial charge on any atom is 0.326 e. The van der Waals surface area contributed by atoms with E-state index in [0.717, 1.165) is 11.0 Å². The maximum absolute atomic E-state index is 11.1.